The minimum atomic E-state index is 0.176. The van der Waals surface area contributed by atoms with Crippen LogP contribution in [-0.2, 0) is 0 Å². The van der Waals surface area contributed by atoms with Gasteiger partial charge in [0.05, 0.1) is 12.6 Å². The fraction of sp³-hybridized carbons (Fsp3) is 0.600. The van der Waals surface area contributed by atoms with Gasteiger partial charge in [0.25, 0.3) is 0 Å². The van der Waals surface area contributed by atoms with Crippen LogP contribution in [0.5, 0.6) is 0 Å². The minimum absolute atomic E-state index is 0.176. The fourth-order valence-corrected chi connectivity index (χ4v) is 2.42. The van der Waals surface area contributed by atoms with Gasteiger partial charge in [0.2, 0.25) is 0 Å². The molecule has 2 rings (SSSR count). The summed E-state index contributed by atoms with van der Waals surface area (Å²) in [4.78, 5) is 2.38. The van der Waals surface area contributed by atoms with Gasteiger partial charge in [-0.05, 0) is 16.9 Å². The van der Waals surface area contributed by atoms with Gasteiger partial charge in [-0.2, -0.15) is 0 Å². The highest BCUT2D eigenvalue weighted by Crippen LogP contribution is 2.37. The van der Waals surface area contributed by atoms with Crippen molar-refractivity contribution in [1.29, 1.82) is 0 Å². The first-order valence-electron chi connectivity index (χ1n) is 6.42. The quantitative estimate of drug-likeness (QED) is 0.867. The monoisotopic (exact) mass is 233 g/mol. The van der Waals surface area contributed by atoms with Crippen LogP contribution in [0.1, 0.15) is 32.4 Å². The number of benzene rings is 1. The van der Waals surface area contributed by atoms with Crippen molar-refractivity contribution in [2.75, 3.05) is 19.7 Å². The lowest BCUT2D eigenvalue weighted by Crippen LogP contribution is -2.53. The molecular weight excluding hydrogens is 210 g/mol. The van der Waals surface area contributed by atoms with Crippen molar-refractivity contribution in [3.05, 3.63) is 35.9 Å². The van der Waals surface area contributed by atoms with Gasteiger partial charge in [-0.1, -0.05) is 51.1 Å². The third-order valence-electron chi connectivity index (χ3n) is 3.93. The topological polar surface area (TPSA) is 23.5 Å². The van der Waals surface area contributed by atoms with Gasteiger partial charge in [-0.15, -0.1) is 0 Å². The normalized spacial score (nSPS) is 20.0. The zero-order valence-electron chi connectivity index (χ0n) is 11.1. The molecule has 0 saturated carbocycles. The van der Waals surface area contributed by atoms with Gasteiger partial charge in [-0.25, -0.2) is 0 Å². The van der Waals surface area contributed by atoms with E-state index >= 15 is 0 Å². The first kappa shape index (κ1) is 12.6. The molecule has 1 aromatic rings. The van der Waals surface area contributed by atoms with Crippen LogP contribution in [-0.4, -0.2) is 29.7 Å². The molecule has 1 fully saturated rings. The van der Waals surface area contributed by atoms with Gasteiger partial charge in [0, 0.05) is 13.1 Å². The van der Waals surface area contributed by atoms with Crippen molar-refractivity contribution < 1.29 is 5.11 Å². The van der Waals surface area contributed by atoms with Crippen molar-refractivity contribution in [2.24, 2.45) is 11.3 Å². The van der Waals surface area contributed by atoms with Crippen molar-refractivity contribution in [3.8, 4) is 0 Å². The molecule has 0 aliphatic carbocycles. The predicted octanol–water partition coefficient (Wildman–Crippen LogP) is 2.70. The second kappa shape index (κ2) is 4.79. The summed E-state index contributed by atoms with van der Waals surface area (Å²) in [7, 11) is 0. The maximum Gasteiger partial charge on any atom is 0.0628 e. The molecule has 17 heavy (non-hydrogen) atoms. The minimum Gasteiger partial charge on any atom is -0.394 e. The maximum atomic E-state index is 9.56. The van der Waals surface area contributed by atoms with E-state index in [1.807, 2.05) is 18.2 Å². The average molecular weight is 233 g/mol. The van der Waals surface area contributed by atoms with Crippen LogP contribution in [0.15, 0.2) is 30.3 Å². The first-order chi connectivity index (χ1) is 8.02. The number of hydrogen-bond donors (Lipinski definition) is 1. The Morgan fingerprint density at radius 3 is 2.29 bits per heavy atom. The Labute approximate surface area is 104 Å². The van der Waals surface area contributed by atoms with Crippen molar-refractivity contribution in [3.63, 3.8) is 0 Å². The molecule has 1 saturated heterocycles. The van der Waals surface area contributed by atoms with Gasteiger partial charge in [0.15, 0.2) is 0 Å². The summed E-state index contributed by atoms with van der Waals surface area (Å²) >= 11 is 0. The highest BCUT2D eigenvalue weighted by molar-refractivity contribution is 5.20. The van der Waals surface area contributed by atoms with Crippen LogP contribution in [0.2, 0.25) is 0 Å². The Balaban J connectivity index is 1.99. The molecule has 0 spiro atoms. The SMILES string of the molecule is CC(C)(C)C1CN(C(CO)c2ccccc2)C1. The van der Waals surface area contributed by atoms with E-state index in [0.29, 0.717) is 5.41 Å². The Kier molecular flexibility index (Phi) is 3.55. The van der Waals surface area contributed by atoms with Crippen LogP contribution in [0.25, 0.3) is 0 Å². The van der Waals surface area contributed by atoms with Crippen molar-refractivity contribution >= 4 is 0 Å². The Bertz CT molecular complexity index is 349. The lowest BCUT2D eigenvalue weighted by atomic mass is 9.75. The molecule has 1 aliphatic rings. The molecule has 1 atom stereocenters. The molecule has 0 bridgehead atoms. The Hall–Kier alpha value is -0.860. The molecule has 0 radical (unpaired) electrons. The van der Waals surface area contributed by atoms with E-state index in [1.165, 1.54) is 5.56 Å². The number of aliphatic hydroxyl groups excluding tert-OH is 1. The van der Waals surface area contributed by atoms with E-state index in [-0.39, 0.29) is 12.6 Å². The zero-order chi connectivity index (χ0) is 12.5. The molecule has 2 nitrogen and oxygen atoms in total. The van der Waals surface area contributed by atoms with Crippen LogP contribution < -0.4 is 0 Å². The van der Waals surface area contributed by atoms with E-state index < -0.39 is 0 Å². The highest BCUT2D eigenvalue weighted by Gasteiger charge is 2.38. The van der Waals surface area contributed by atoms with Crippen LogP contribution in [0, 0.1) is 11.3 Å². The third-order valence-corrected chi connectivity index (χ3v) is 3.93. The molecule has 0 aromatic heterocycles. The number of likely N-dealkylation sites (tertiary alicyclic amines) is 1. The fourth-order valence-electron chi connectivity index (χ4n) is 2.42. The van der Waals surface area contributed by atoms with Crippen LogP contribution in [0.3, 0.4) is 0 Å². The Morgan fingerprint density at radius 1 is 1.24 bits per heavy atom. The van der Waals surface area contributed by atoms with Gasteiger partial charge < -0.3 is 5.11 Å². The first-order valence-corrected chi connectivity index (χ1v) is 6.42. The molecule has 1 aliphatic heterocycles. The second-order valence-corrected chi connectivity index (χ2v) is 6.13. The largest absolute Gasteiger partial charge is 0.394 e. The summed E-state index contributed by atoms with van der Waals surface area (Å²) in [5, 5.41) is 9.56. The molecule has 0 amide bonds. The highest BCUT2D eigenvalue weighted by atomic mass is 16.3. The number of hydrogen-bond acceptors (Lipinski definition) is 2. The van der Waals surface area contributed by atoms with Gasteiger partial charge in [0.1, 0.15) is 0 Å². The van der Waals surface area contributed by atoms with E-state index in [9.17, 15) is 5.11 Å². The van der Waals surface area contributed by atoms with E-state index in [1.54, 1.807) is 0 Å². The van der Waals surface area contributed by atoms with Gasteiger partial charge in [-0.3, -0.25) is 4.90 Å². The number of nitrogens with zero attached hydrogens (tertiary/aromatic N) is 1. The second-order valence-electron chi connectivity index (χ2n) is 6.13. The Morgan fingerprint density at radius 2 is 1.82 bits per heavy atom. The lowest BCUT2D eigenvalue weighted by Gasteiger charge is -2.49. The maximum absolute atomic E-state index is 9.56. The standard InChI is InChI=1S/C15H23NO/c1-15(2,3)13-9-16(10-13)14(11-17)12-7-5-4-6-8-12/h4-8,13-14,17H,9-11H2,1-3H3. The summed E-state index contributed by atoms with van der Waals surface area (Å²) in [5.41, 5.74) is 1.61. The summed E-state index contributed by atoms with van der Waals surface area (Å²) in [5.74, 6) is 0.750. The molecular formula is C15H23NO. The molecule has 1 unspecified atom stereocenters. The van der Waals surface area contributed by atoms with Crippen LogP contribution in [0.4, 0.5) is 0 Å². The molecule has 1 aromatic carbocycles. The predicted molar refractivity (Wildman–Crippen MR) is 70.8 cm³/mol. The summed E-state index contributed by atoms with van der Waals surface area (Å²) < 4.78 is 0. The number of rotatable bonds is 3. The van der Waals surface area contributed by atoms with E-state index in [0.717, 1.165) is 19.0 Å². The third kappa shape index (κ3) is 2.70. The average Bonchev–Trinajstić information content (AvgIpc) is 2.22. The van der Waals surface area contributed by atoms with Gasteiger partial charge >= 0.3 is 0 Å². The van der Waals surface area contributed by atoms with Crippen LogP contribution >= 0.6 is 0 Å². The summed E-state index contributed by atoms with van der Waals surface area (Å²) in [6.45, 7) is 9.30. The van der Waals surface area contributed by atoms with E-state index in [4.69, 9.17) is 0 Å². The zero-order valence-corrected chi connectivity index (χ0v) is 11.1. The van der Waals surface area contributed by atoms with Crippen molar-refractivity contribution in [2.45, 2.75) is 26.8 Å². The van der Waals surface area contributed by atoms with E-state index in [2.05, 4.69) is 37.8 Å². The number of aliphatic hydroxyl groups is 1. The summed E-state index contributed by atoms with van der Waals surface area (Å²) in [6, 6.07) is 10.5. The molecule has 1 N–H and O–H groups in total. The molecule has 2 heteroatoms. The molecule has 1 heterocycles. The summed E-state index contributed by atoms with van der Waals surface area (Å²) in [6.07, 6.45) is 0. The molecule has 94 valence electrons. The van der Waals surface area contributed by atoms with Crippen molar-refractivity contribution in [1.82, 2.24) is 4.90 Å². The lowest BCUT2D eigenvalue weighted by molar-refractivity contribution is -0.0245. The smallest absolute Gasteiger partial charge is 0.0628 e.